The second-order valence-electron chi connectivity index (χ2n) is 15.4. The first-order valence-electron chi connectivity index (χ1n) is 17.4. The monoisotopic (exact) mass is 690 g/mol. The Hall–Kier alpha value is -4.98. The first-order valence-corrected chi connectivity index (χ1v) is 17.4. The van der Waals surface area contributed by atoms with Gasteiger partial charge >= 0.3 is 0 Å². The van der Waals surface area contributed by atoms with Crippen molar-refractivity contribution in [3.63, 3.8) is 0 Å². The molecule has 0 bridgehead atoms. The Morgan fingerprint density at radius 3 is 1.00 bits per heavy atom. The topological polar surface area (TPSA) is 80.1 Å². The number of methoxy groups -OCH3 is 4. The molecule has 4 aromatic rings. The molecule has 0 saturated carbocycles. The van der Waals surface area contributed by atoms with Crippen molar-refractivity contribution < 1.29 is 28.4 Å². The van der Waals surface area contributed by atoms with Crippen molar-refractivity contribution in [2.45, 2.75) is 71.2 Å². The molecule has 2 aliphatic heterocycles. The number of hydrogen-bond acceptors (Lipinski definition) is 8. The lowest BCUT2D eigenvalue weighted by atomic mass is 9.70. The summed E-state index contributed by atoms with van der Waals surface area (Å²) in [5.41, 5.74) is 1.10. The first-order chi connectivity index (χ1) is 24.3. The molecule has 0 N–H and O–H groups in total. The standard InChI is InChI=1S/C43H50N2O6/c1-40(2,3)38-42(28-15-11-19-32(23-28)46-7,29-16-12-20-33(24-29)47-8)50-36(44-38)27-37-45-39(41(4,5)6)43(51-37,30-17-13-21-34(25-30)48-9)31-18-14-22-35(26-31)49-10/h11-26,38-39H,27H2,1-10H3/t38-,39-/m1/s1. The zero-order valence-electron chi connectivity index (χ0n) is 31.4. The van der Waals surface area contributed by atoms with Crippen LogP contribution >= 0.6 is 0 Å². The number of aliphatic imine (C=N–C) groups is 2. The summed E-state index contributed by atoms with van der Waals surface area (Å²) in [5.74, 6) is 4.02. The van der Waals surface area contributed by atoms with Crippen LogP contribution in [0.25, 0.3) is 0 Å². The minimum atomic E-state index is -0.990. The summed E-state index contributed by atoms with van der Waals surface area (Å²) in [6.07, 6.45) is 0.254. The lowest BCUT2D eigenvalue weighted by Gasteiger charge is -2.41. The SMILES string of the molecule is COc1cccc(C2(c3cccc(OC)c3)OC(CC3=N[C@H](C(C)(C)C)C(c4cccc(OC)c4)(c4cccc(OC)c4)O3)=N[C@@H]2C(C)(C)C)c1. The molecule has 51 heavy (non-hydrogen) atoms. The predicted molar refractivity (Wildman–Crippen MR) is 202 cm³/mol. The van der Waals surface area contributed by atoms with E-state index in [-0.39, 0.29) is 29.3 Å². The Bertz CT molecular complexity index is 1700. The van der Waals surface area contributed by atoms with Crippen molar-refractivity contribution in [2.75, 3.05) is 28.4 Å². The molecule has 268 valence electrons. The lowest BCUT2D eigenvalue weighted by Crippen LogP contribution is -2.46. The molecule has 0 spiro atoms. The van der Waals surface area contributed by atoms with Gasteiger partial charge in [0, 0.05) is 22.3 Å². The maximum absolute atomic E-state index is 7.23. The summed E-state index contributed by atoms with van der Waals surface area (Å²) in [7, 11) is 6.70. The lowest BCUT2D eigenvalue weighted by molar-refractivity contribution is 0.0480. The quantitative estimate of drug-likeness (QED) is 0.165. The summed E-state index contributed by atoms with van der Waals surface area (Å²) in [6, 6.07) is 31.5. The molecule has 0 saturated heterocycles. The van der Waals surface area contributed by atoms with Gasteiger partial charge in [0.25, 0.3) is 0 Å². The van der Waals surface area contributed by atoms with Crippen LogP contribution in [0, 0.1) is 10.8 Å². The molecule has 6 rings (SSSR count). The van der Waals surface area contributed by atoms with Gasteiger partial charge in [-0.25, -0.2) is 9.98 Å². The molecule has 0 aliphatic carbocycles. The number of rotatable bonds is 10. The average Bonchev–Trinajstić information content (AvgIpc) is 3.73. The van der Waals surface area contributed by atoms with E-state index in [1.54, 1.807) is 28.4 Å². The van der Waals surface area contributed by atoms with Crippen LogP contribution in [0.4, 0.5) is 0 Å². The fourth-order valence-electron chi connectivity index (χ4n) is 7.52. The third-order valence-electron chi connectivity index (χ3n) is 9.81. The number of nitrogens with zero attached hydrogens (tertiary/aromatic N) is 2. The van der Waals surface area contributed by atoms with Crippen LogP contribution in [0.15, 0.2) is 107 Å². The molecule has 8 nitrogen and oxygen atoms in total. The van der Waals surface area contributed by atoms with Gasteiger partial charge < -0.3 is 28.4 Å². The summed E-state index contributed by atoms with van der Waals surface area (Å²) in [5, 5.41) is 0. The van der Waals surface area contributed by atoms with Crippen LogP contribution in [0.1, 0.15) is 70.2 Å². The number of ether oxygens (including phenoxy) is 6. The van der Waals surface area contributed by atoms with Gasteiger partial charge in [-0.3, -0.25) is 0 Å². The highest BCUT2D eigenvalue weighted by Gasteiger charge is 2.57. The molecule has 4 aromatic carbocycles. The van der Waals surface area contributed by atoms with E-state index in [0.717, 1.165) is 45.3 Å². The Morgan fingerprint density at radius 1 is 0.490 bits per heavy atom. The molecule has 0 fully saturated rings. The predicted octanol–water partition coefficient (Wildman–Crippen LogP) is 8.99. The van der Waals surface area contributed by atoms with Gasteiger partial charge in [-0.15, -0.1) is 0 Å². The van der Waals surface area contributed by atoms with E-state index >= 15 is 0 Å². The summed E-state index contributed by atoms with van der Waals surface area (Å²) >= 11 is 0. The highest BCUT2D eigenvalue weighted by molar-refractivity contribution is 5.99. The molecule has 0 unspecified atom stereocenters. The fourth-order valence-corrected chi connectivity index (χ4v) is 7.52. The van der Waals surface area contributed by atoms with Crippen molar-refractivity contribution in [1.82, 2.24) is 0 Å². The first kappa shape index (κ1) is 35.8. The van der Waals surface area contributed by atoms with Gasteiger partial charge in [0.2, 0.25) is 0 Å². The van der Waals surface area contributed by atoms with Gasteiger partial charge in [-0.2, -0.15) is 0 Å². The third kappa shape index (κ3) is 6.52. The second-order valence-corrected chi connectivity index (χ2v) is 15.4. The molecule has 2 aliphatic rings. The van der Waals surface area contributed by atoms with Crippen molar-refractivity contribution in [3.8, 4) is 23.0 Å². The maximum Gasteiger partial charge on any atom is 0.194 e. The van der Waals surface area contributed by atoms with Crippen molar-refractivity contribution in [1.29, 1.82) is 0 Å². The number of hydrogen-bond donors (Lipinski definition) is 0. The van der Waals surface area contributed by atoms with E-state index in [9.17, 15) is 0 Å². The van der Waals surface area contributed by atoms with Crippen LogP contribution in [0.5, 0.6) is 23.0 Å². The fraction of sp³-hybridized carbons (Fsp3) is 0.395. The Morgan fingerprint density at radius 2 is 0.765 bits per heavy atom. The molecular formula is C43H50N2O6. The highest BCUT2D eigenvalue weighted by Crippen LogP contribution is 2.53. The second kappa shape index (κ2) is 13.6. The molecular weight excluding hydrogens is 640 g/mol. The zero-order valence-corrected chi connectivity index (χ0v) is 31.4. The van der Waals surface area contributed by atoms with E-state index in [1.807, 2.05) is 72.8 Å². The Kier molecular flexibility index (Phi) is 9.57. The highest BCUT2D eigenvalue weighted by atomic mass is 16.5. The summed E-state index contributed by atoms with van der Waals surface area (Å²) < 4.78 is 37.3. The van der Waals surface area contributed by atoms with E-state index in [1.165, 1.54) is 0 Å². The van der Waals surface area contributed by atoms with Gasteiger partial charge in [0.1, 0.15) is 35.1 Å². The zero-order chi connectivity index (χ0) is 36.6. The maximum atomic E-state index is 7.23. The van der Waals surface area contributed by atoms with E-state index < -0.39 is 11.2 Å². The molecule has 2 atom stereocenters. The smallest absolute Gasteiger partial charge is 0.194 e. The van der Waals surface area contributed by atoms with Crippen LogP contribution in [0.3, 0.4) is 0 Å². The average molecular weight is 691 g/mol. The summed E-state index contributed by atoms with van der Waals surface area (Å²) in [4.78, 5) is 10.8. The van der Waals surface area contributed by atoms with Gasteiger partial charge in [-0.1, -0.05) is 90.1 Å². The summed E-state index contributed by atoms with van der Waals surface area (Å²) in [6.45, 7) is 13.2. The largest absolute Gasteiger partial charge is 0.497 e. The Labute approximate surface area is 302 Å². The van der Waals surface area contributed by atoms with Crippen LogP contribution in [-0.2, 0) is 20.7 Å². The van der Waals surface area contributed by atoms with E-state index in [2.05, 4.69) is 65.8 Å². The molecule has 0 aromatic heterocycles. The Balaban J connectivity index is 1.49. The normalized spacial score (nSPS) is 19.3. The minimum absolute atomic E-state index is 0.254. The van der Waals surface area contributed by atoms with Gasteiger partial charge in [0.05, 0.1) is 34.9 Å². The van der Waals surface area contributed by atoms with Crippen LogP contribution in [0.2, 0.25) is 0 Å². The third-order valence-corrected chi connectivity index (χ3v) is 9.81. The molecule has 0 radical (unpaired) electrons. The van der Waals surface area contributed by atoms with Crippen molar-refractivity contribution in [3.05, 3.63) is 119 Å². The van der Waals surface area contributed by atoms with Crippen molar-refractivity contribution in [2.24, 2.45) is 20.8 Å². The molecule has 2 heterocycles. The van der Waals surface area contributed by atoms with Crippen molar-refractivity contribution >= 4 is 11.8 Å². The van der Waals surface area contributed by atoms with Crippen LogP contribution < -0.4 is 18.9 Å². The number of benzene rings is 4. The van der Waals surface area contributed by atoms with Gasteiger partial charge in [-0.05, 0) is 59.4 Å². The van der Waals surface area contributed by atoms with E-state index in [4.69, 9.17) is 38.4 Å². The molecule has 8 heteroatoms. The van der Waals surface area contributed by atoms with Crippen LogP contribution in [-0.4, -0.2) is 52.3 Å². The van der Waals surface area contributed by atoms with E-state index in [0.29, 0.717) is 11.8 Å². The molecule has 0 amide bonds. The van der Waals surface area contributed by atoms with Gasteiger partial charge in [0.15, 0.2) is 23.0 Å². The minimum Gasteiger partial charge on any atom is -0.497 e.